The summed E-state index contributed by atoms with van der Waals surface area (Å²) in [5, 5.41) is 3.52. The fourth-order valence-corrected chi connectivity index (χ4v) is 1.95. The fourth-order valence-electron chi connectivity index (χ4n) is 1.95. The summed E-state index contributed by atoms with van der Waals surface area (Å²) in [7, 11) is 0. The van der Waals surface area contributed by atoms with Crippen LogP contribution in [0.2, 0.25) is 0 Å². The molecule has 0 bridgehead atoms. The molecule has 2 unspecified atom stereocenters. The summed E-state index contributed by atoms with van der Waals surface area (Å²) >= 11 is 0. The lowest BCUT2D eigenvalue weighted by Gasteiger charge is -2.19. The Balaban J connectivity index is 2.01. The van der Waals surface area contributed by atoms with Gasteiger partial charge in [0.25, 0.3) is 0 Å². The molecule has 2 rings (SSSR count). The molecule has 0 amide bonds. The predicted octanol–water partition coefficient (Wildman–Crippen LogP) is 4.00. The summed E-state index contributed by atoms with van der Waals surface area (Å²) in [6, 6.07) is 13.1. The molecule has 90 valence electrons. The van der Waals surface area contributed by atoms with Gasteiger partial charge in [0.1, 0.15) is 5.76 Å². The van der Waals surface area contributed by atoms with E-state index in [-0.39, 0.29) is 6.04 Å². The van der Waals surface area contributed by atoms with Crippen LogP contribution >= 0.6 is 0 Å². The summed E-state index contributed by atoms with van der Waals surface area (Å²) in [5.74, 6) is 0.976. The first kappa shape index (κ1) is 11.9. The molecule has 1 N–H and O–H groups in total. The van der Waals surface area contributed by atoms with Crippen LogP contribution in [0.25, 0.3) is 0 Å². The molecule has 1 heterocycles. The van der Waals surface area contributed by atoms with E-state index in [1.54, 1.807) is 6.26 Å². The van der Waals surface area contributed by atoms with Gasteiger partial charge in [0, 0.05) is 6.04 Å². The van der Waals surface area contributed by atoms with Crippen LogP contribution in [0.5, 0.6) is 0 Å². The van der Waals surface area contributed by atoms with Crippen LogP contribution in [0.4, 0.5) is 0 Å². The van der Waals surface area contributed by atoms with Gasteiger partial charge in [0.15, 0.2) is 0 Å². The summed E-state index contributed by atoms with van der Waals surface area (Å²) in [6.45, 7) is 6.39. The lowest BCUT2D eigenvalue weighted by atomic mass is 10.1. The molecule has 2 aromatic rings. The van der Waals surface area contributed by atoms with Crippen molar-refractivity contribution in [3.05, 3.63) is 59.5 Å². The second kappa shape index (κ2) is 5.19. The number of nitrogens with one attached hydrogen (secondary N) is 1. The molecular formula is C15H19NO. The maximum Gasteiger partial charge on any atom is 0.120 e. The van der Waals surface area contributed by atoms with E-state index in [1.165, 1.54) is 11.1 Å². The van der Waals surface area contributed by atoms with Crippen molar-refractivity contribution in [3.8, 4) is 0 Å². The largest absolute Gasteiger partial charge is 0.468 e. The van der Waals surface area contributed by atoms with E-state index in [4.69, 9.17) is 4.42 Å². The van der Waals surface area contributed by atoms with Crippen molar-refractivity contribution in [2.45, 2.75) is 32.9 Å². The molecular weight excluding hydrogens is 210 g/mol. The molecule has 1 aromatic carbocycles. The standard InChI is InChI=1S/C15H19NO/c1-11-6-8-14(9-7-11)12(2)16-13(3)15-5-4-10-17-15/h4-10,12-13,16H,1-3H3. The van der Waals surface area contributed by atoms with Crippen molar-refractivity contribution in [1.29, 1.82) is 0 Å². The Hall–Kier alpha value is -1.54. The molecule has 0 fully saturated rings. The molecule has 0 saturated heterocycles. The van der Waals surface area contributed by atoms with Gasteiger partial charge in [-0.1, -0.05) is 29.8 Å². The van der Waals surface area contributed by atoms with E-state index < -0.39 is 0 Å². The fraction of sp³-hybridized carbons (Fsp3) is 0.333. The summed E-state index contributed by atoms with van der Waals surface area (Å²) in [5.41, 5.74) is 2.59. The molecule has 0 aliphatic rings. The number of hydrogen-bond acceptors (Lipinski definition) is 2. The lowest BCUT2D eigenvalue weighted by molar-refractivity contribution is 0.403. The van der Waals surface area contributed by atoms with E-state index in [9.17, 15) is 0 Å². The van der Waals surface area contributed by atoms with Gasteiger partial charge in [-0.15, -0.1) is 0 Å². The van der Waals surface area contributed by atoms with Crippen LogP contribution in [-0.4, -0.2) is 0 Å². The lowest BCUT2D eigenvalue weighted by Crippen LogP contribution is -2.22. The average Bonchev–Trinajstić information content (AvgIpc) is 2.83. The van der Waals surface area contributed by atoms with Gasteiger partial charge < -0.3 is 9.73 Å². The molecule has 2 heteroatoms. The maximum absolute atomic E-state index is 5.39. The minimum absolute atomic E-state index is 0.223. The van der Waals surface area contributed by atoms with Crippen LogP contribution in [0, 0.1) is 6.92 Å². The van der Waals surface area contributed by atoms with Crippen LogP contribution in [-0.2, 0) is 0 Å². The number of aryl methyl sites for hydroxylation is 1. The van der Waals surface area contributed by atoms with Crippen molar-refractivity contribution in [1.82, 2.24) is 5.32 Å². The minimum atomic E-state index is 0.223. The average molecular weight is 229 g/mol. The number of hydrogen-bond donors (Lipinski definition) is 1. The highest BCUT2D eigenvalue weighted by atomic mass is 16.3. The quantitative estimate of drug-likeness (QED) is 0.857. The van der Waals surface area contributed by atoms with E-state index in [0.717, 1.165) is 5.76 Å². The van der Waals surface area contributed by atoms with Gasteiger partial charge in [-0.25, -0.2) is 0 Å². The first-order valence-corrected chi connectivity index (χ1v) is 6.03. The Kier molecular flexibility index (Phi) is 3.64. The van der Waals surface area contributed by atoms with Crippen molar-refractivity contribution in [3.63, 3.8) is 0 Å². The number of furan rings is 1. The minimum Gasteiger partial charge on any atom is -0.468 e. The highest BCUT2D eigenvalue weighted by Crippen LogP contribution is 2.19. The third kappa shape index (κ3) is 2.98. The molecule has 2 nitrogen and oxygen atoms in total. The Morgan fingerprint density at radius 2 is 1.71 bits per heavy atom. The van der Waals surface area contributed by atoms with Gasteiger partial charge in [-0.3, -0.25) is 0 Å². The number of rotatable bonds is 4. The van der Waals surface area contributed by atoms with E-state index >= 15 is 0 Å². The number of benzene rings is 1. The zero-order chi connectivity index (χ0) is 12.3. The Bertz CT molecular complexity index is 444. The SMILES string of the molecule is Cc1ccc(C(C)NC(C)c2ccco2)cc1. The van der Waals surface area contributed by atoms with Gasteiger partial charge >= 0.3 is 0 Å². The summed E-state index contributed by atoms with van der Waals surface area (Å²) in [4.78, 5) is 0. The van der Waals surface area contributed by atoms with Gasteiger partial charge in [-0.2, -0.15) is 0 Å². The van der Waals surface area contributed by atoms with Gasteiger partial charge in [0.2, 0.25) is 0 Å². The topological polar surface area (TPSA) is 25.2 Å². The smallest absolute Gasteiger partial charge is 0.120 e. The first-order valence-electron chi connectivity index (χ1n) is 6.03. The Labute approximate surface area is 103 Å². The molecule has 0 radical (unpaired) electrons. The monoisotopic (exact) mass is 229 g/mol. The van der Waals surface area contributed by atoms with Gasteiger partial charge in [0.05, 0.1) is 12.3 Å². The van der Waals surface area contributed by atoms with Crippen LogP contribution < -0.4 is 5.32 Å². The first-order chi connectivity index (χ1) is 8.16. The highest BCUT2D eigenvalue weighted by molar-refractivity contribution is 5.24. The van der Waals surface area contributed by atoms with Crippen LogP contribution in [0.15, 0.2) is 47.1 Å². The third-order valence-corrected chi connectivity index (χ3v) is 3.05. The molecule has 0 aliphatic carbocycles. The normalized spacial score (nSPS) is 14.5. The zero-order valence-corrected chi connectivity index (χ0v) is 10.6. The Morgan fingerprint density at radius 1 is 1.00 bits per heavy atom. The molecule has 2 atom stereocenters. The van der Waals surface area contributed by atoms with Crippen LogP contribution in [0.1, 0.15) is 42.8 Å². The Morgan fingerprint density at radius 3 is 2.29 bits per heavy atom. The van der Waals surface area contributed by atoms with Crippen molar-refractivity contribution in [2.75, 3.05) is 0 Å². The van der Waals surface area contributed by atoms with Gasteiger partial charge in [-0.05, 0) is 38.5 Å². The third-order valence-electron chi connectivity index (χ3n) is 3.05. The predicted molar refractivity (Wildman–Crippen MR) is 69.9 cm³/mol. The molecule has 0 aliphatic heterocycles. The van der Waals surface area contributed by atoms with E-state index in [1.807, 2.05) is 12.1 Å². The summed E-state index contributed by atoms with van der Waals surface area (Å²) in [6.07, 6.45) is 1.71. The van der Waals surface area contributed by atoms with Crippen LogP contribution in [0.3, 0.4) is 0 Å². The van der Waals surface area contributed by atoms with E-state index in [2.05, 4.69) is 50.4 Å². The molecule has 17 heavy (non-hydrogen) atoms. The highest BCUT2D eigenvalue weighted by Gasteiger charge is 2.12. The molecule has 0 saturated carbocycles. The zero-order valence-electron chi connectivity index (χ0n) is 10.6. The van der Waals surface area contributed by atoms with E-state index in [0.29, 0.717) is 6.04 Å². The molecule has 0 spiro atoms. The van der Waals surface area contributed by atoms with Crippen molar-refractivity contribution < 1.29 is 4.42 Å². The molecule has 1 aromatic heterocycles. The second-order valence-corrected chi connectivity index (χ2v) is 4.54. The second-order valence-electron chi connectivity index (χ2n) is 4.54. The summed E-state index contributed by atoms with van der Waals surface area (Å²) < 4.78 is 5.39. The van der Waals surface area contributed by atoms with Crippen molar-refractivity contribution in [2.24, 2.45) is 0 Å². The van der Waals surface area contributed by atoms with Crippen molar-refractivity contribution >= 4 is 0 Å². The maximum atomic E-state index is 5.39.